The Labute approximate surface area is 114 Å². The number of anilines is 1. The first-order valence-electron chi connectivity index (χ1n) is 5.87. The van der Waals surface area contributed by atoms with Crippen LogP contribution in [0.1, 0.15) is 11.1 Å². The van der Waals surface area contributed by atoms with Gasteiger partial charge in [0.25, 0.3) is 0 Å². The first-order valence-corrected chi connectivity index (χ1v) is 5.87. The summed E-state index contributed by atoms with van der Waals surface area (Å²) in [5, 5.41) is 8.62. The van der Waals surface area contributed by atoms with Crippen LogP contribution in [0.5, 0.6) is 0 Å². The van der Waals surface area contributed by atoms with Crippen LogP contribution >= 0.6 is 0 Å². The third-order valence-electron chi connectivity index (χ3n) is 2.96. The van der Waals surface area contributed by atoms with Crippen LogP contribution in [-0.2, 0) is 6.54 Å². The summed E-state index contributed by atoms with van der Waals surface area (Å²) in [6, 6.07) is 10.2. The zero-order valence-corrected chi connectivity index (χ0v) is 10.7. The molecule has 2 aromatic carbocycles. The second-order valence-electron chi connectivity index (χ2n) is 4.32. The van der Waals surface area contributed by atoms with Gasteiger partial charge in [-0.15, -0.1) is 0 Å². The molecule has 0 aromatic heterocycles. The van der Waals surface area contributed by atoms with E-state index in [4.69, 9.17) is 5.26 Å². The number of hydrogen-bond acceptors (Lipinski definition) is 2. The highest BCUT2D eigenvalue weighted by molar-refractivity contribution is 5.51. The lowest BCUT2D eigenvalue weighted by atomic mass is 10.1. The Balaban J connectivity index is 2.31. The first kappa shape index (κ1) is 13.9. The molecule has 2 aromatic rings. The lowest BCUT2D eigenvalue weighted by molar-refractivity contribution is 0.504. The second-order valence-corrected chi connectivity index (χ2v) is 4.32. The summed E-state index contributed by atoms with van der Waals surface area (Å²) in [5.41, 5.74) is -0.00513. The molecule has 0 saturated heterocycles. The largest absolute Gasteiger partial charge is 0.368 e. The highest BCUT2D eigenvalue weighted by Crippen LogP contribution is 2.24. The molecule has 102 valence electrons. The Morgan fingerprint density at radius 2 is 1.75 bits per heavy atom. The van der Waals surface area contributed by atoms with Crippen LogP contribution in [-0.4, -0.2) is 7.05 Å². The number of nitrogens with zero attached hydrogens (tertiary/aromatic N) is 2. The Morgan fingerprint density at radius 3 is 2.40 bits per heavy atom. The van der Waals surface area contributed by atoms with E-state index < -0.39 is 17.5 Å². The van der Waals surface area contributed by atoms with Crippen LogP contribution in [0.15, 0.2) is 36.4 Å². The van der Waals surface area contributed by atoms with Crippen molar-refractivity contribution in [3.8, 4) is 6.07 Å². The van der Waals surface area contributed by atoms with Gasteiger partial charge in [0.2, 0.25) is 0 Å². The summed E-state index contributed by atoms with van der Waals surface area (Å²) in [4.78, 5) is 1.39. The summed E-state index contributed by atoms with van der Waals surface area (Å²) in [6.07, 6.45) is 0. The lowest BCUT2D eigenvalue weighted by Gasteiger charge is -2.20. The van der Waals surface area contributed by atoms with Gasteiger partial charge < -0.3 is 4.90 Å². The van der Waals surface area contributed by atoms with Gasteiger partial charge in [-0.1, -0.05) is 18.2 Å². The second kappa shape index (κ2) is 5.66. The molecule has 0 atom stereocenters. The Morgan fingerprint density at radius 1 is 1.05 bits per heavy atom. The number of hydrogen-bond donors (Lipinski definition) is 0. The van der Waals surface area contributed by atoms with Crippen LogP contribution in [0.2, 0.25) is 0 Å². The maximum Gasteiger partial charge on any atom is 0.183 e. The van der Waals surface area contributed by atoms with Crippen molar-refractivity contribution in [1.82, 2.24) is 0 Å². The molecule has 0 aliphatic carbocycles. The monoisotopic (exact) mass is 276 g/mol. The van der Waals surface area contributed by atoms with Crippen molar-refractivity contribution in [3.05, 3.63) is 65.0 Å². The molecule has 0 spiro atoms. The lowest BCUT2D eigenvalue weighted by Crippen LogP contribution is -2.19. The van der Waals surface area contributed by atoms with Crippen LogP contribution < -0.4 is 4.90 Å². The van der Waals surface area contributed by atoms with Gasteiger partial charge in [0.1, 0.15) is 11.9 Å². The number of halogens is 3. The maximum absolute atomic E-state index is 13.8. The van der Waals surface area contributed by atoms with E-state index in [2.05, 4.69) is 0 Å². The van der Waals surface area contributed by atoms with Crippen molar-refractivity contribution < 1.29 is 13.2 Å². The summed E-state index contributed by atoms with van der Waals surface area (Å²) < 4.78 is 40.9. The van der Waals surface area contributed by atoms with E-state index in [0.29, 0.717) is 5.56 Å². The number of rotatable bonds is 3. The van der Waals surface area contributed by atoms with Gasteiger partial charge in [-0.3, -0.25) is 0 Å². The molecule has 0 N–H and O–H groups in total. The van der Waals surface area contributed by atoms with Crippen molar-refractivity contribution in [2.45, 2.75) is 6.54 Å². The molecule has 0 aliphatic rings. The van der Waals surface area contributed by atoms with Gasteiger partial charge >= 0.3 is 0 Å². The average molecular weight is 276 g/mol. The Hall–Kier alpha value is -2.48. The Bertz CT molecular complexity index is 677. The molecule has 0 saturated carbocycles. The number of benzene rings is 2. The van der Waals surface area contributed by atoms with Gasteiger partial charge in [0, 0.05) is 19.2 Å². The van der Waals surface area contributed by atoms with Crippen LogP contribution in [0, 0.1) is 28.8 Å². The first-order chi connectivity index (χ1) is 9.54. The highest BCUT2D eigenvalue weighted by atomic mass is 19.2. The predicted octanol–water partition coefficient (Wildman–Crippen LogP) is 3.61. The fraction of sp³-hybridized carbons (Fsp3) is 0.133. The van der Waals surface area contributed by atoms with Crippen molar-refractivity contribution >= 4 is 5.69 Å². The summed E-state index contributed by atoms with van der Waals surface area (Å²) >= 11 is 0. The molecule has 2 nitrogen and oxygen atoms in total. The molecule has 0 radical (unpaired) electrons. The van der Waals surface area contributed by atoms with Gasteiger partial charge in [-0.05, 0) is 18.2 Å². The molecule has 2 rings (SSSR count). The zero-order valence-electron chi connectivity index (χ0n) is 10.7. The molecular formula is C15H11F3N2. The fourth-order valence-electron chi connectivity index (χ4n) is 1.89. The van der Waals surface area contributed by atoms with E-state index >= 15 is 0 Å². The van der Waals surface area contributed by atoms with Crippen molar-refractivity contribution in [2.24, 2.45) is 0 Å². The maximum atomic E-state index is 13.8. The predicted molar refractivity (Wildman–Crippen MR) is 69.6 cm³/mol. The molecule has 5 heteroatoms. The van der Waals surface area contributed by atoms with Crippen molar-refractivity contribution in [2.75, 3.05) is 11.9 Å². The molecule has 0 heterocycles. The third-order valence-corrected chi connectivity index (χ3v) is 2.96. The minimum absolute atomic E-state index is 0.0234. The molecule has 0 amide bonds. The molecule has 0 unspecified atom stereocenters. The molecule has 0 bridgehead atoms. The van der Waals surface area contributed by atoms with E-state index in [9.17, 15) is 13.2 Å². The average Bonchev–Trinajstić information content (AvgIpc) is 2.44. The molecule has 0 fully saturated rings. The summed E-state index contributed by atoms with van der Waals surface area (Å²) in [6.45, 7) is 0.0922. The van der Waals surface area contributed by atoms with Crippen molar-refractivity contribution in [3.63, 3.8) is 0 Å². The minimum Gasteiger partial charge on any atom is -0.368 e. The normalized spacial score (nSPS) is 10.2. The van der Waals surface area contributed by atoms with Gasteiger partial charge in [-0.25, -0.2) is 13.2 Å². The van der Waals surface area contributed by atoms with Crippen LogP contribution in [0.25, 0.3) is 0 Å². The van der Waals surface area contributed by atoms with Crippen molar-refractivity contribution in [1.29, 1.82) is 5.26 Å². The van der Waals surface area contributed by atoms with Gasteiger partial charge in [0.05, 0.1) is 11.3 Å². The molecule has 0 aliphatic heterocycles. The topological polar surface area (TPSA) is 27.0 Å². The SMILES string of the molecule is CN(Cc1ccccc1F)c1ccc(C#N)c(F)c1F. The Kier molecular flexibility index (Phi) is 3.94. The van der Waals surface area contributed by atoms with E-state index in [1.54, 1.807) is 24.3 Å². The quantitative estimate of drug-likeness (QED) is 0.856. The zero-order chi connectivity index (χ0) is 14.7. The van der Waals surface area contributed by atoms with E-state index in [1.807, 2.05) is 0 Å². The van der Waals surface area contributed by atoms with Crippen LogP contribution in [0.3, 0.4) is 0 Å². The highest BCUT2D eigenvalue weighted by Gasteiger charge is 2.16. The fourth-order valence-corrected chi connectivity index (χ4v) is 1.89. The van der Waals surface area contributed by atoms with Gasteiger partial charge in [0.15, 0.2) is 11.6 Å². The smallest absolute Gasteiger partial charge is 0.183 e. The third kappa shape index (κ3) is 2.59. The summed E-state index contributed by atoms with van der Waals surface area (Å²) in [7, 11) is 1.52. The molecular weight excluding hydrogens is 265 g/mol. The van der Waals surface area contributed by atoms with Crippen LogP contribution in [0.4, 0.5) is 18.9 Å². The standard InChI is InChI=1S/C15H11F3N2/c1-20(9-11-4-2-3-5-12(11)16)13-7-6-10(8-19)14(17)15(13)18/h2-7H,9H2,1H3. The number of nitriles is 1. The summed E-state index contributed by atoms with van der Waals surface area (Å²) in [5.74, 6) is -2.71. The van der Waals surface area contributed by atoms with E-state index in [-0.39, 0.29) is 17.8 Å². The van der Waals surface area contributed by atoms with E-state index in [0.717, 1.165) is 0 Å². The molecule has 20 heavy (non-hydrogen) atoms. The van der Waals surface area contributed by atoms with E-state index in [1.165, 1.54) is 30.1 Å². The minimum atomic E-state index is -1.19. The van der Waals surface area contributed by atoms with Gasteiger partial charge in [-0.2, -0.15) is 5.26 Å².